The van der Waals surface area contributed by atoms with E-state index in [1.54, 1.807) is 23.2 Å². The second kappa shape index (κ2) is 9.15. The highest BCUT2D eigenvalue weighted by molar-refractivity contribution is 6.40. The van der Waals surface area contributed by atoms with Gasteiger partial charge in [-0.1, -0.05) is 35.3 Å². The third kappa shape index (κ3) is 4.14. The molecule has 9 heteroatoms. The molecule has 3 aromatic rings. The lowest BCUT2D eigenvalue weighted by molar-refractivity contribution is 0.217. The number of hydrazine groups is 1. The Morgan fingerprint density at radius 3 is 2.35 bits per heavy atom. The summed E-state index contributed by atoms with van der Waals surface area (Å²) in [5.74, 6) is 4.79. The number of urea groups is 1. The molecule has 5 rings (SSSR count). The van der Waals surface area contributed by atoms with Crippen LogP contribution in [0.2, 0.25) is 10.0 Å². The predicted octanol–water partition coefficient (Wildman–Crippen LogP) is 6.35. The smallest absolute Gasteiger partial charge is 0.326 e. The molecule has 2 heterocycles. The zero-order valence-corrected chi connectivity index (χ0v) is 19.6. The average Bonchev–Trinajstić information content (AvgIpc) is 2.80. The number of para-hydroxylation sites is 1. The Kier molecular flexibility index (Phi) is 6.20. The quantitative estimate of drug-likeness (QED) is 0.410. The Hall–Kier alpha value is -2.71. The molecule has 1 saturated heterocycles. The molecule has 5 nitrogen and oxygen atoms in total. The molecule has 3 N–H and O–H groups in total. The highest BCUT2D eigenvalue weighted by Gasteiger charge is 2.32. The number of carbonyl (C=O) groups excluding carboxylic acids is 1. The van der Waals surface area contributed by atoms with Crippen molar-refractivity contribution in [3.8, 4) is 11.1 Å². The van der Waals surface area contributed by atoms with Crippen LogP contribution in [0, 0.1) is 11.6 Å². The number of fused-ring (bicyclic) bond motifs is 1. The van der Waals surface area contributed by atoms with Crippen LogP contribution in [0.25, 0.3) is 11.1 Å². The van der Waals surface area contributed by atoms with Crippen LogP contribution in [0.4, 0.5) is 25.0 Å². The van der Waals surface area contributed by atoms with Crippen molar-refractivity contribution in [3.63, 3.8) is 0 Å². The second-order valence-electron chi connectivity index (χ2n) is 8.56. The van der Waals surface area contributed by atoms with Crippen molar-refractivity contribution in [2.75, 3.05) is 18.0 Å². The number of nitrogens with one attached hydrogen (secondary N) is 1. The second-order valence-corrected chi connectivity index (χ2v) is 9.38. The normalized spacial score (nSPS) is 17.0. The van der Waals surface area contributed by atoms with Gasteiger partial charge in [0.05, 0.1) is 21.4 Å². The molecule has 0 spiro atoms. The molecular formula is C25H22Cl2F2N4O. The van der Waals surface area contributed by atoms with Crippen molar-refractivity contribution >= 4 is 40.6 Å². The van der Waals surface area contributed by atoms with E-state index >= 15 is 0 Å². The Bertz CT molecular complexity index is 1260. The summed E-state index contributed by atoms with van der Waals surface area (Å²) in [5.41, 5.74) is 3.42. The Morgan fingerprint density at radius 2 is 1.68 bits per heavy atom. The van der Waals surface area contributed by atoms with Gasteiger partial charge in [-0.05, 0) is 60.2 Å². The van der Waals surface area contributed by atoms with E-state index in [4.69, 9.17) is 29.0 Å². The molecule has 0 unspecified atom stereocenters. The van der Waals surface area contributed by atoms with Gasteiger partial charge in [-0.3, -0.25) is 10.7 Å². The van der Waals surface area contributed by atoms with Gasteiger partial charge in [0, 0.05) is 36.8 Å². The number of benzene rings is 3. The van der Waals surface area contributed by atoms with Crippen molar-refractivity contribution in [1.82, 2.24) is 10.3 Å². The molecule has 2 amide bonds. The van der Waals surface area contributed by atoms with E-state index < -0.39 is 11.6 Å². The zero-order valence-electron chi connectivity index (χ0n) is 18.1. The summed E-state index contributed by atoms with van der Waals surface area (Å²) in [4.78, 5) is 14.5. The molecule has 2 aliphatic rings. The lowest BCUT2D eigenvalue weighted by Gasteiger charge is -2.35. The van der Waals surface area contributed by atoms with E-state index in [0.717, 1.165) is 37.6 Å². The van der Waals surface area contributed by atoms with E-state index in [9.17, 15) is 13.6 Å². The summed E-state index contributed by atoms with van der Waals surface area (Å²) in [6, 6.07) is 12.0. The van der Waals surface area contributed by atoms with Gasteiger partial charge in [-0.25, -0.2) is 18.6 Å². The minimum absolute atomic E-state index is 0.168. The molecule has 2 aliphatic heterocycles. The average molecular weight is 503 g/mol. The number of anilines is 2. The summed E-state index contributed by atoms with van der Waals surface area (Å²) in [6.07, 6.45) is 1.64. The first-order valence-corrected chi connectivity index (χ1v) is 11.7. The van der Waals surface area contributed by atoms with E-state index in [-0.39, 0.29) is 24.1 Å². The Morgan fingerprint density at radius 1 is 0.971 bits per heavy atom. The van der Waals surface area contributed by atoms with Crippen molar-refractivity contribution in [2.45, 2.75) is 25.3 Å². The van der Waals surface area contributed by atoms with Gasteiger partial charge in [0.1, 0.15) is 11.6 Å². The first-order chi connectivity index (χ1) is 16.3. The molecule has 0 aliphatic carbocycles. The van der Waals surface area contributed by atoms with Gasteiger partial charge in [-0.15, -0.1) is 0 Å². The molecule has 0 bridgehead atoms. The van der Waals surface area contributed by atoms with Gasteiger partial charge < -0.3 is 5.32 Å². The highest BCUT2D eigenvalue weighted by Crippen LogP contribution is 2.45. The summed E-state index contributed by atoms with van der Waals surface area (Å²) < 4.78 is 28.6. The van der Waals surface area contributed by atoms with Crippen molar-refractivity contribution in [1.29, 1.82) is 0 Å². The van der Waals surface area contributed by atoms with Crippen LogP contribution in [0.1, 0.15) is 29.9 Å². The minimum atomic E-state index is -0.671. The number of amides is 2. The summed E-state index contributed by atoms with van der Waals surface area (Å²) in [5, 5.41) is 5.24. The number of carbonyl (C=O) groups is 1. The van der Waals surface area contributed by atoms with Crippen LogP contribution in [0.15, 0.2) is 48.5 Å². The van der Waals surface area contributed by atoms with E-state index in [0.29, 0.717) is 32.5 Å². The topological polar surface area (TPSA) is 61.6 Å². The van der Waals surface area contributed by atoms with Crippen LogP contribution < -0.4 is 16.1 Å². The van der Waals surface area contributed by atoms with E-state index in [1.807, 2.05) is 12.1 Å². The Labute approximate surface area is 206 Å². The lowest BCUT2D eigenvalue weighted by Crippen LogP contribution is -2.42. The lowest BCUT2D eigenvalue weighted by atomic mass is 9.85. The number of nitrogens with zero attached hydrogens (tertiary/aromatic N) is 2. The number of hydrogen-bond donors (Lipinski definition) is 2. The SMILES string of the molecule is NN1CCC(c2cc(-c3ccc(F)cc3F)c3c(c2)N(c2c(Cl)cccc2Cl)C(=O)NC3)CC1. The van der Waals surface area contributed by atoms with Crippen molar-refractivity contribution in [3.05, 3.63) is 81.3 Å². The van der Waals surface area contributed by atoms with Crippen molar-refractivity contribution in [2.24, 2.45) is 5.84 Å². The predicted molar refractivity (Wildman–Crippen MR) is 130 cm³/mol. The van der Waals surface area contributed by atoms with Crippen LogP contribution in [0.5, 0.6) is 0 Å². The molecule has 1 fully saturated rings. The maximum atomic E-state index is 14.9. The summed E-state index contributed by atoms with van der Waals surface area (Å²) in [6.45, 7) is 1.63. The van der Waals surface area contributed by atoms with Gasteiger partial charge in [0.2, 0.25) is 0 Å². The van der Waals surface area contributed by atoms with Crippen LogP contribution in [0.3, 0.4) is 0 Å². The molecule has 176 valence electrons. The van der Waals surface area contributed by atoms with Gasteiger partial charge in [0.25, 0.3) is 0 Å². The first-order valence-electron chi connectivity index (χ1n) is 11.0. The maximum absolute atomic E-state index is 14.9. The van der Waals surface area contributed by atoms with Crippen molar-refractivity contribution < 1.29 is 13.6 Å². The molecule has 0 atom stereocenters. The third-order valence-corrected chi connectivity index (χ3v) is 7.10. The number of rotatable bonds is 3. The van der Waals surface area contributed by atoms with Gasteiger partial charge in [0.15, 0.2) is 0 Å². The number of halogens is 4. The third-order valence-electron chi connectivity index (χ3n) is 6.49. The summed E-state index contributed by atoms with van der Waals surface area (Å²) >= 11 is 12.9. The van der Waals surface area contributed by atoms with Crippen LogP contribution >= 0.6 is 23.2 Å². The first kappa shape index (κ1) is 23.1. The van der Waals surface area contributed by atoms with E-state index in [1.165, 1.54) is 17.0 Å². The molecule has 3 aromatic carbocycles. The number of piperidine rings is 1. The highest BCUT2D eigenvalue weighted by atomic mass is 35.5. The monoisotopic (exact) mass is 502 g/mol. The molecular weight excluding hydrogens is 481 g/mol. The van der Waals surface area contributed by atoms with Gasteiger partial charge >= 0.3 is 6.03 Å². The molecule has 0 radical (unpaired) electrons. The molecule has 34 heavy (non-hydrogen) atoms. The Balaban J connectivity index is 1.75. The fourth-order valence-electron chi connectivity index (χ4n) is 4.76. The van der Waals surface area contributed by atoms with Crippen LogP contribution in [-0.2, 0) is 6.54 Å². The molecule has 0 aromatic heterocycles. The fourth-order valence-corrected chi connectivity index (χ4v) is 5.32. The standard InChI is InChI=1S/C25H22Cl2F2N4O/c26-20-2-1-3-21(27)24(20)33-23-11-15(14-6-8-32(30)9-7-14)10-18(19(23)13-31-25(33)34)17-5-4-16(28)12-22(17)29/h1-5,10-12,14H,6-9,13,30H2,(H,31,34). The summed E-state index contributed by atoms with van der Waals surface area (Å²) in [7, 11) is 0. The molecule has 0 saturated carbocycles. The minimum Gasteiger partial charge on any atom is -0.333 e. The van der Waals surface area contributed by atoms with Gasteiger partial charge in [-0.2, -0.15) is 0 Å². The zero-order chi connectivity index (χ0) is 24.0. The van der Waals surface area contributed by atoms with E-state index in [2.05, 4.69) is 5.32 Å². The largest absolute Gasteiger partial charge is 0.333 e. The number of nitrogens with two attached hydrogens (primary N) is 1. The fraction of sp³-hybridized carbons (Fsp3) is 0.240. The maximum Gasteiger partial charge on any atom is 0.326 e. The van der Waals surface area contributed by atoms with Crippen LogP contribution in [-0.4, -0.2) is 24.1 Å². The number of hydrogen-bond acceptors (Lipinski definition) is 3.